The molecule has 0 aliphatic rings. The quantitative estimate of drug-likeness (QED) is 0.861. The monoisotopic (exact) mass is 303 g/mol. The molecule has 0 spiro atoms. The van der Waals surface area contributed by atoms with Gasteiger partial charge in [-0.15, -0.1) is 0 Å². The fourth-order valence-corrected chi connectivity index (χ4v) is 2.12. The van der Waals surface area contributed by atoms with Crippen molar-refractivity contribution in [3.8, 4) is 0 Å². The van der Waals surface area contributed by atoms with Crippen molar-refractivity contribution in [2.75, 3.05) is 0 Å². The number of rotatable bonds is 4. The van der Waals surface area contributed by atoms with Crippen molar-refractivity contribution in [2.24, 2.45) is 0 Å². The fraction of sp³-hybridized carbons (Fsp3) is 0.133. The zero-order valence-electron chi connectivity index (χ0n) is 9.84. The van der Waals surface area contributed by atoms with Gasteiger partial charge in [0.2, 0.25) is 5.91 Å². The van der Waals surface area contributed by atoms with Crippen LogP contribution in [0.15, 0.2) is 60.7 Å². The molecule has 1 unspecified atom stereocenters. The first-order valence-corrected chi connectivity index (χ1v) is 6.69. The Hall–Kier alpha value is -1.61. The third-order valence-corrected chi connectivity index (χ3v) is 3.58. The molecule has 0 radical (unpaired) electrons. The molecular weight excluding hydrogens is 290 g/mol. The van der Waals surface area contributed by atoms with E-state index in [0.29, 0.717) is 6.54 Å². The second-order valence-corrected chi connectivity index (χ2v) is 4.89. The minimum absolute atomic E-state index is 0.0231. The van der Waals surface area contributed by atoms with Crippen molar-refractivity contribution in [1.82, 2.24) is 5.32 Å². The minimum atomic E-state index is -0.303. The summed E-state index contributed by atoms with van der Waals surface area (Å²) >= 11 is 3.41. The van der Waals surface area contributed by atoms with Crippen LogP contribution in [0.4, 0.5) is 0 Å². The van der Waals surface area contributed by atoms with Gasteiger partial charge in [0.25, 0.3) is 0 Å². The summed E-state index contributed by atoms with van der Waals surface area (Å²) in [6, 6.07) is 19.5. The van der Waals surface area contributed by atoms with E-state index < -0.39 is 0 Å². The van der Waals surface area contributed by atoms with Crippen LogP contribution in [0.2, 0.25) is 0 Å². The molecule has 0 saturated carbocycles. The van der Waals surface area contributed by atoms with E-state index in [4.69, 9.17) is 0 Å². The molecule has 1 N–H and O–H groups in total. The predicted octanol–water partition coefficient (Wildman–Crippen LogP) is 3.44. The third kappa shape index (κ3) is 3.44. The van der Waals surface area contributed by atoms with Crippen LogP contribution in [0.25, 0.3) is 0 Å². The number of amides is 1. The number of hydrogen-bond acceptors (Lipinski definition) is 1. The number of benzene rings is 2. The van der Waals surface area contributed by atoms with E-state index in [-0.39, 0.29) is 10.7 Å². The molecule has 0 fully saturated rings. The van der Waals surface area contributed by atoms with Gasteiger partial charge in [-0.3, -0.25) is 4.79 Å². The number of carbonyl (C=O) groups is 1. The van der Waals surface area contributed by atoms with E-state index >= 15 is 0 Å². The molecule has 1 amide bonds. The Morgan fingerprint density at radius 2 is 1.56 bits per heavy atom. The van der Waals surface area contributed by atoms with Crippen LogP contribution in [0.3, 0.4) is 0 Å². The van der Waals surface area contributed by atoms with Crippen LogP contribution in [-0.2, 0) is 11.3 Å². The fourth-order valence-electron chi connectivity index (χ4n) is 1.65. The van der Waals surface area contributed by atoms with Gasteiger partial charge in [-0.1, -0.05) is 76.6 Å². The van der Waals surface area contributed by atoms with Gasteiger partial charge < -0.3 is 5.32 Å². The lowest BCUT2D eigenvalue weighted by Crippen LogP contribution is -2.26. The first-order chi connectivity index (χ1) is 8.77. The Morgan fingerprint density at radius 3 is 2.17 bits per heavy atom. The van der Waals surface area contributed by atoms with Crippen molar-refractivity contribution < 1.29 is 4.79 Å². The molecule has 92 valence electrons. The molecule has 1 atom stereocenters. The number of hydrogen-bond donors (Lipinski definition) is 1. The van der Waals surface area contributed by atoms with Crippen LogP contribution in [0.5, 0.6) is 0 Å². The number of nitrogens with one attached hydrogen (secondary N) is 1. The van der Waals surface area contributed by atoms with E-state index in [0.717, 1.165) is 11.1 Å². The van der Waals surface area contributed by atoms with Crippen molar-refractivity contribution >= 4 is 21.8 Å². The highest BCUT2D eigenvalue weighted by Crippen LogP contribution is 2.22. The minimum Gasteiger partial charge on any atom is -0.351 e. The summed E-state index contributed by atoms with van der Waals surface area (Å²) < 4.78 is 0. The van der Waals surface area contributed by atoms with Crippen LogP contribution in [0, 0.1) is 0 Å². The molecular formula is C15H14BrNO. The average molecular weight is 304 g/mol. The summed E-state index contributed by atoms with van der Waals surface area (Å²) in [7, 11) is 0. The Labute approximate surface area is 115 Å². The highest BCUT2D eigenvalue weighted by atomic mass is 79.9. The molecule has 0 aromatic heterocycles. The summed E-state index contributed by atoms with van der Waals surface area (Å²) in [5, 5.41) is 2.91. The van der Waals surface area contributed by atoms with E-state index in [1.54, 1.807) is 0 Å². The van der Waals surface area contributed by atoms with Crippen LogP contribution in [0.1, 0.15) is 16.0 Å². The molecule has 0 bridgehead atoms. The SMILES string of the molecule is O=C(NCc1ccccc1)C(Br)c1ccccc1. The first kappa shape index (κ1) is 12.8. The highest BCUT2D eigenvalue weighted by molar-refractivity contribution is 9.09. The Morgan fingerprint density at radius 1 is 1.00 bits per heavy atom. The summed E-state index contributed by atoms with van der Waals surface area (Å²) in [5.74, 6) is -0.0231. The third-order valence-electron chi connectivity index (χ3n) is 2.63. The molecule has 2 aromatic carbocycles. The molecule has 0 aliphatic heterocycles. The number of carbonyl (C=O) groups excluding carboxylic acids is 1. The molecule has 2 rings (SSSR count). The van der Waals surface area contributed by atoms with Gasteiger partial charge in [-0.25, -0.2) is 0 Å². The van der Waals surface area contributed by atoms with Crippen molar-refractivity contribution in [1.29, 1.82) is 0 Å². The lowest BCUT2D eigenvalue weighted by molar-refractivity contribution is -0.120. The number of alkyl halides is 1. The lowest BCUT2D eigenvalue weighted by Gasteiger charge is -2.11. The predicted molar refractivity (Wildman–Crippen MR) is 76.4 cm³/mol. The largest absolute Gasteiger partial charge is 0.351 e. The van der Waals surface area contributed by atoms with Crippen molar-refractivity contribution in [3.05, 3.63) is 71.8 Å². The van der Waals surface area contributed by atoms with E-state index in [9.17, 15) is 4.79 Å². The molecule has 2 aromatic rings. The number of halogens is 1. The maximum absolute atomic E-state index is 12.0. The van der Waals surface area contributed by atoms with Gasteiger partial charge in [0, 0.05) is 6.54 Å². The standard InChI is InChI=1S/C15H14BrNO/c16-14(13-9-5-2-6-10-13)15(18)17-11-12-7-3-1-4-8-12/h1-10,14H,11H2,(H,17,18). The first-order valence-electron chi connectivity index (χ1n) is 5.78. The van der Waals surface area contributed by atoms with Crippen LogP contribution < -0.4 is 5.32 Å². The Balaban J connectivity index is 1.93. The molecule has 18 heavy (non-hydrogen) atoms. The maximum atomic E-state index is 12.0. The molecule has 2 nitrogen and oxygen atoms in total. The summed E-state index contributed by atoms with van der Waals surface area (Å²) in [6.45, 7) is 0.550. The van der Waals surface area contributed by atoms with E-state index in [1.807, 2.05) is 60.7 Å². The highest BCUT2D eigenvalue weighted by Gasteiger charge is 2.15. The zero-order chi connectivity index (χ0) is 12.8. The topological polar surface area (TPSA) is 29.1 Å². The van der Waals surface area contributed by atoms with Gasteiger partial charge in [0.1, 0.15) is 4.83 Å². The summed E-state index contributed by atoms with van der Waals surface area (Å²) in [6.07, 6.45) is 0. The Kier molecular flexibility index (Phi) is 4.53. The molecule has 0 heterocycles. The average Bonchev–Trinajstić information content (AvgIpc) is 2.46. The van der Waals surface area contributed by atoms with Gasteiger partial charge in [-0.2, -0.15) is 0 Å². The normalized spacial score (nSPS) is 11.8. The molecule has 0 saturated heterocycles. The van der Waals surface area contributed by atoms with Crippen molar-refractivity contribution in [2.45, 2.75) is 11.4 Å². The van der Waals surface area contributed by atoms with Gasteiger partial charge in [0.05, 0.1) is 0 Å². The smallest absolute Gasteiger partial charge is 0.238 e. The van der Waals surface area contributed by atoms with E-state index in [2.05, 4.69) is 21.2 Å². The lowest BCUT2D eigenvalue weighted by atomic mass is 10.1. The van der Waals surface area contributed by atoms with Gasteiger partial charge >= 0.3 is 0 Å². The maximum Gasteiger partial charge on any atom is 0.238 e. The second kappa shape index (κ2) is 6.36. The van der Waals surface area contributed by atoms with Crippen molar-refractivity contribution in [3.63, 3.8) is 0 Å². The van der Waals surface area contributed by atoms with Crippen LogP contribution in [-0.4, -0.2) is 5.91 Å². The molecule has 0 aliphatic carbocycles. The second-order valence-electron chi connectivity index (χ2n) is 3.98. The van der Waals surface area contributed by atoms with Gasteiger partial charge in [0.15, 0.2) is 0 Å². The zero-order valence-corrected chi connectivity index (χ0v) is 11.4. The van der Waals surface area contributed by atoms with Crippen LogP contribution >= 0.6 is 15.9 Å². The summed E-state index contributed by atoms with van der Waals surface area (Å²) in [4.78, 5) is 11.7. The Bertz CT molecular complexity index is 498. The van der Waals surface area contributed by atoms with E-state index in [1.165, 1.54) is 0 Å². The summed E-state index contributed by atoms with van der Waals surface area (Å²) in [5.41, 5.74) is 2.06. The molecule has 3 heteroatoms. The van der Waals surface area contributed by atoms with Gasteiger partial charge in [-0.05, 0) is 11.1 Å².